The zero-order chi connectivity index (χ0) is 15.8. The summed E-state index contributed by atoms with van der Waals surface area (Å²) in [5.74, 6) is 2.52. The number of nitrogens with one attached hydrogen (secondary N) is 2. The number of amides is 1. The summed E-state index contributed by atoms with van der Waals surface area (Å²) in [7, 11) is 0. The third-order valence-corrected chi connectivity index (χ3v) is 5.51. The SMILES string of the molecule is CC(C(=O)N1CCC(c2nc3ccccc3[nH]2)CC1)C1CNC1. The lowest BCUT2D eigenvalue weighted by molar-refractivity contribution is -0.138. The normalized spacial score (nSPS) is 21.3. The lowest BCUT2D eigenvalue weighted by atomic mass is 9.87. The summed E-state index contributed by atoms with van der Waals surface area (Å²) in [5, 5.41) is 3.26. The summed E-state index contributed by atoms with van der Waals surface area (Å²) in [4.78, 5) is 22.8. The number of nitrogens with zero attached hydrogens (tertiary/aromatic N) is 2. The van der Waals surface area contributed by atoms with E-state index in [1.165, 1.54) is 0 Å². The molecule has 0 saturated carbocycles. The molecule has 5 nitrogen and oxygen atoms in total. The zero-order valence-electron chi connectivity index (χ0n) is 13.6. The Hall–Kier alpha value is -1.88. The fourth-order valence-electron chi connectivity index (χ4n) is 3.69. The first-order valence-electron chi connectivity index (χ1n) is 8.66. The number of fused-ring (bicyclic) bond motifs is 1. The zero-order valence-corrected chi connectivity index (χ0v) is 13.6. The Morgan fingerprint density at radius 3 is 2.65 bits per heavy atom. The standard InChI is InChI=1S/C18H24N4O/c1-12(14-10-19-11-14)18(23)22-8-6-13(7-9-22)17-20-15-4-2-3-5-16(15)21-17/h2-5,12-14,19H,6-11H2,1H3,(H,20,21). The number of piperidine rings is 1. The summed E-state index contributed by atoms with van der Waals surface area (Å²) in [6.07, 6.45) is 2.00. The summed E-state index contributed by atoms with van der Waals surface area (Å²) in [6, 6.07) is 8.16. The van der Waals surface area contributed by atoms with Crippen LogP contribution in [0.3, 0.4) is 0 Å². The van der Waals surface area contributed by atoms with E-state index in [0.717, 1.165) is 55.9 Å². The van der Waals surface area contributed by atoms with Crippen LogP contribution in [0.1, 0.15) is 31.5 Å². The molecule has 1 atom stereocenters. The molecule has 0 spiro atoms. The molecule has 1 aromatic carbocycles. The topological polar surface area (TPSA) is 61.0 Å². The van der Waals surface area contributed by atoms with Crippen molar-refractivity contribution in [2.24, 2.45) is 11.8 Å². The van der Waals surface area contributed by atoms with Gasteiger partial charge in [0.25, 0.3) is 0 Å². The Balaban J connectivity index is 1.39. The maximum Gasteiger partial charge on any atom is 0.225 e. The smallest absolute Gasteiger partial charge is 0.225 e. The van der Waals surface area contributed by atoms with Gasteiger partial charge < -0.3 is 15.2 Å². The van der Waals surface area contributed by atoms with Crippen molar-refractivity contribution in [1.29, 1.82) is 0 Å². The van der Waals surface area contributed by atoms with E-state index in [1.54, 1.807) is 0 Å². The molecule has 2 aromatic rings. The van der Waals surface area contributed by atoms with Crippen LogP contribution in [0.25, 0.3) is 11.0 Å². The molecule has 2 N–H and O–H groups in total. The van der Waals surface area contributed by atoms with Crippen molar-refractivity contribution in [3.8, 4) is 0 Å². The van der Waals surface area contributed by atoms with E-state index in [2.05, 4.69) is 28.2 Å². The second kappa shape index (κ2) is 5.96. The second-order valence-corrected chi connectivity index (χ2v) is 6.95. The quantitative estimate of drug-likeness (QED) is 0.912. The van der Waals surface area contributed by atoms with Crippen LogP contribution in [0.4, 0.5) is 0 Å². The van der Waals surface area contributed by atoms with E-state index in [1.807, 2.05) is 18.2 Å². The molecule has 2 aliphatic heterocycles. The van der Waals surface area contributed by atoms with Gasteiger partial charge in [-0.05, 0) is 44.0 Å². The number of rotatable bonds is 3. The first-order chi connectivity index (χ1) is 11.2. The maximum absolute atomic E-state index is 12.6. The summed E-state index contributed by atoms with van der Waals surface area (Å²) >= 11 is 0. The van der Waals surface area contributed by atoms with E-state index in [4.69, 9.17) is 4.98 Å². The number of para-hydroxylation sites is 2. The van der Waals surface area contributed by atoms with Crippen LogP contribution in [0.15, 0.2) is 24.3 Å². The van der Waals surface area contributed by atoms with Gasteiger partial charge in [0, 0.05) is 24.9 Å². The third-order valence-electron chi connectivity index (χ3n) is 5.51. The highest BCUT2D eigenvalue weighted by atomic mass is 16.2. The van der Waals surface area contributed by atoms with Gasteiger partial charge in [0.05, 0.1) is 11.0 Å². The molecule has 4 rings (SSSR count). The molecule has 0 aliphatic carbocycles. The first kappa shape index (κ1) is 14.7. The summed E-state index contributed by atoms with van der Waals surface area (Å²) < 4.78 is 0. The minimum absolute atomic E-state index is 0.152. The molecule has 0 radical (unpaired) electrons. The number of aromatic amines is 1. The van der Waals surface area contributed by atoms with Crippen LogP contribution in [0.5, 0.6) is 0 Å². The predicted molar refractivity (Wildman–Crippen MR) is 90.2 cm³/mol. The monoisotopic (exact) mass is 312 g/mol. The molecule has 2 aliphatic rings. The third kappa shape index (κ3) is 2.74. The van der Waals surface area contributed by atoms with Gasteiger partial charge in [0.15, 0.2) is 0 Å². The van der Waals surface area contributed by atoms with Crippen molar-refractivity contribution < 1.29 is 4.79 Å². The minimum atomic E-state index is 0.152. The van der Waals surface area contributed by atoms with Crippen molar-refractivity contribution in [2.45, 2.75) is 25.7 Å². The Morgan fingerprint density at radius 2 is 2.00 bits per heavy atom. The van der Waals surface area contributed by atoms with E-state index < -0.39 is 0 Å². The van der Waals surface area contributed by atoms with Gasteiger partial charge >= 0.3 is 0 Å². The Labute approximate surface area is 136 Å². The number of likely N-dealkylation sites (tertiary alicyclic amines) is 1. The van der Waals surface area contributed by atoms with Crippen LogP contribution in [-0.2, 0) is 4.79 Å². The number of carbonyl (C=O) groups excluding carboxylic acids is 1. The molecule has 1 aromatic heterocycles. The second-order valence-electron chi connectivity index (χ2n) is 6.95. The Morgan fingerprint density at radius 1 is 1.26 bits per heavy atom. The molecule has 122 valence electrons. The Kier molecular flexibility index (Phi) is 3.81. The summed E-state index contributed by atoms with van der Waals surface area (Å²) in [6.45, 7) is 5.76. The number of aromatic nitrogens is 2. The highest BCUT2D eigenvalue weighted by Gasteiger charge is 2.33. The lowest BCUT2D eigenvalue weighted by Gasteiger charge is -2.37. The number of carbonyl (C=O) groups is 1. The molecule has 23 heavy (non-hydrogen) atoms. The Bertz CT molecular complexity index is 665. The van der Waals surface area contributed by atoms with Crippen molar-refractivity contribution in [3.05, 3.63) is 30.1 Å². The highest BCUT2D eigenvalue weighted by Crippen LogP contribution is 2.29. The molecule has 2 saturated heterocycles. The van der Waals surface area contributed by atoms with Gasteiger partial charge in [-0.1, -0.05) is 19.1 Å². The van der Waals surface area contributed by atoms with Crippen molar-refractivity contribution in [1.82, 2.24) is 20.2 Å². The average molecular weight is 312 g/mol. The molecular weight excluding hydrogens is 288 g/mol. The minimum Gasteiger partial charge on any atom is -0.342 e. The van der Waals surface area contributed by atoms with E-state index in [0.29, 0.717) is 17.7 Å². The lowest BCUT2D eigenvalue weighted by Crippen LogP contribution is -2.51. The number of hydrogen-bond acceptors (Lipinski definition) is 3. The number of imidazole rings is 1. The van der Waals surface area contributed by atoms with Crippen LogP contribution in [0, 0.1) is 11.8 Å². The first-order valence-corrected chi connectivity index (χ1v) is 8.66. The van der Waals surface area contributed by atoms with Crippen LogP contribution in [-0.4, -0.2) is 47.0 Å². The van der Waals surface area contributed by atoms with Crippen LogP contribution in [0.2, 0.25) is 0 Å². The summed E-state index contributed by atoms with van der Waals surface area (Å²) in [5.41, 5.74) is 2.14. The highest BCUT2D eigenvalue weighted by molar-refractivity contribution is 5.79. The van der Waals surface area contributed by atoms with E-state index in [9.17, 15) is 4.79 Å². The maximum atomic E-state index is 12.6. The van der Waals surface area contributed by atoms with Crippen LogP contribution >= 0.6 is 0 Å². The predicted octanol–water partition coefficient (Wildman–Crippen LogP) is 2.12. The van der Waals surface area contributed by atoms with Gasteiger partial charge in [-0.15, -0.1) is 0 Å². The van der Waals surface area contributed by atoms with Crippen LogP contribution < -0.4 is 5.32 Å². The van der Waals surface area contributed by atoms with Crippen molar-refractivity contribution in [2.75, 3.05) is 26.2 Å². The average Bonchev–Trinajstić information content (AvgIpc) is 2.96. The molecule has 5 heteroatoms. The largest absolute Gasteiger partial charge is 0.342 e. The van der Waals surface area contributed by atoms with Gasteiger partial charge in [-0.3, -0.25) is 4.79 Å². The fourth-order valence-corrected chi connectivity index (χ4v) is 3.69. The molecule has 3 heterocycles. The number of hydrogen-bond donors (Lipinski definition) is 2. The molecular formula is C18H24N4O. The van der Waals surface area contributed by atoms with E-state index in [-0.39, 0.29) is 5.92 Å². The fraction of sp³-hybridized carbons (Fsp3) is 0.556. The molecule has 1 unspecified atom stereocenters. The molecule has 1 amide bonds. The molecule has 0 bridgehead atoms. The van der Waals surface area contributed by atoms with Gasteiger partial charge in [-0.25, -0.2) is 4.98 Å². The number of benzene rings is 1. The van der Waals surface area contributed by atoms with Gasteiger partial charge in [0.1, 0.15) is 5.82 Å². The van der Waals surface area contributed by atoms with Crippen molar-refractivity contribution >= 4 is 16.9 Å². The van der Waals surface area contributed by atoms with Gasteiger partial charge in [0.2, 0.25) is 5.91 Å². The van der Waals surface area contributed by atoms with E-state index >= 15 is 0 Å². The number of H-pyrrole nitrogens is 1. The molecule has 2 fully saturated rings. The van der Waals surface area contributed by atoms with Crippen molar-refractivity contribution in [3.63, 3.8) is 0 Å². The van der Waals surface area contributed by atoms with Gasteiger partial charge in [-0.2, -0.15) is 0 Å².